The van der Waals surface area contributed by atoms with Gasteiger partial charge in [0.05, 0.1) is 18.3 Å². The molecule has 1 aromatic heterocycles. The Morgan fingerprint density at radius 3 is 2.60 bits per heavy atom. The summed E-state index contributed by atoms with van der Waals surface area (Å²) in [5.41, 5.74) is 2.03. The molecule has 0 spiro atoms. The lowest BCUT2D eigenvalue weighted by Gasteiger charge is -2.08. The zero-order valence-corrected chi connectivity index (χ0v) is 13.7. The molecule has 0 atom stereocenters. The Labute approximate surface area is 145 Å². The first-order valence-corrected chi connectivity index (χ1v) is 7.84. The third-order valence-electron chi connectivity index (χ3n) is 3.58. The number of halogens is 1. The molecule has 3 aromatic rings. The highest BCUT2D eigenvalue weighted by Crippen LogP contribution is 2.22. The van der Waals surface area contributed by atoms with E-state index in [1.165, 1.54) is 12.3 Å². The van der Waals surface area contributed by atoms with E-state index < -0.39 is 0 Å². The van der Waals surface area contributed by atoms with E-state index in [1.54, 1.807) is 31.2 Å². The van der Waals surface area contributed by atoms with Gasteiger partial charge in [0, 0.05) is 6.07 Å². The molecule has 1 amide bonds. The van der Waals surface area contributed by atoms with Crippen molar-refractivity contribution in [2.75, 3.05) is 5.32 Å². The number of nitrogens with one attached hydrogen (secondary N) is 1. The van der Waals surface area contributed by atoms with E-state index in [1.807, 2.05) is 30.3 Å². The predicted molar refractivity (Wildman–Crippen MR) is 94.2 cm³/mol. The standard InChI is InChI=1S/C20H17FN2O2/c1-14-11-17(8-9-18(14)21)25-20-10-7-16(13-22-20)23-19(24)12-15-5-3-2-4-6-15/h2-11,13H,12H2,1H3,(H,23,24). The normalized spacial score (nSPS) is 10.3. The van der Waals surface area contributed by atoms with Crippen LogP contribution in [0.5, 0.6) is 11.6 Å². The largest absolute Gasteiger partial charge is 0.439 e. The minimum Gasteiger partial charge on any atom is -0.439 e. The number of aryl methyl sites for hydroxylation is 1. The number of ether oxygens (including phenoxy) is 1. The Morgan fingerprint density at radius 1 is 1.12 bits per heavy atom. The van der Waals surface area contributed by atoms with Crippen LogP contribution in [0, 0.1) is 12.7 Å². The molecule has 0 bridgehead atoms. The summed E-state index contributed by atoms with van der Waals surface area (Å²) >= 11 is 0. The fourth-order valence-corrected chi connectivity index (χ4v) is 2.30. The second-order valence-electron chi connectivity index (χ2n) is 5.61. The van der Waals surface area contributed by atoms with Gasteiger partial charge >= 0.3 is 0 Å². The van der Waals surface area contributed by atoms with Gasteiger partial charge in [-0.05, 0) is 42.3 Å². The molecule has 1 heterocycles. The van der Waals surface area contributed by atoms with Crippen molar-refractivity contribution in [1.29, 1.82) is 0 Å². The Kier molecular flexibility index (Phi) is 5.04. The van der Waals surface area contributed by atoms with Crippen LogP contribution >= 0.6 is 0 Å². The van der Waals surface area contributed by atoms with E-state index in [0.717, 1.165) is 5.56 Å². The molecule has 0 aliphatic rings. The number of hydrogen-bond acceptors (Lipinski definition) is 3. The molecule has 0 aliphatic heterocycles. The number of amides is 1. The Hall–Kier alpha value is -3.21. The first kappa shape index (κ1) is 16.6. The van der Waals surface area contributed by atoms with E-state index in [0.29, 0.717) is 29.3 Å². The lowest BCUT2D eigenvalue weighted by Crippen LogP contribution is -2.14. The van der Waals surface area contributed by atoms with Crippen molar-refractivity contribution in [2.24, 2.45) is 0 Å². The van der Waals surface area contributed by atoms with Crippen LogP contribution in [0.3, 0.4) is 0 Å². The minimum absolute atomic E-state index is 0.115. The molecule has 5 heteroatoms. The molecule has 4 nitrogen and oxygen atoms in total. The summed E-state index contributed by atoms with van der Waals surface area (Å²) in [6, 6.07) is 17.4. The van der Waals surface area contributed by atoms with E-state index in [4.69, 9.17) is 4.74 Å². The second-order valence-corrected chi connectivity index (χ2v) is 5.61. The first-order chi connectivity index (χ1) is 12.1. The number of pyridine rings is 1. The highest BCUT2D eigenvalue weighted by atomic mass is 19.1. The SMILES string of the molecule is Cc1cc(Oc2ccc(NC(=O)Cc3ccccc3)cn2)ccc1F. The van der Waals surface area contributed by atoms with E-state index >= 15 is 0 Å². The molecular weight excluding hydrogens is 319 g/mol. The number of rotatable bonds is 5. The number of hydrogen-bond donors (Lipinski definition) is 1. The van der Waals surface area contributed by atoms with Crippen LogP contribution in [0.1, 0.15) is 11.1 Å². The summed E-state index contributed by atoms with van der Waals surface area (Å²) in [6.07, 6.45) is 1.82. The number of anilines is 1. The van der Waals surface area contributed by atoms with Gasteiger partial charge in [0.2, 0.25) is 11.8 Å². The average Bonchev–Trinajstić information content (AvgIpc) is 2.61. The zero-order valence-electron chi connectivity index (χ0n) is 13.7. The van der Waals surface area contributed by atoms with Crippen molar-refractivity contribution in [2.45, 2.75) is 13.3 Å². The van der Waals surface area contributed by atoms with Crippen LogP contribution in [0.2, 0.25) is 0 Å². The summed E-state index contributed by atoms with van der Waals surface area (Å²) in [5.74, 6) is 0.479. The van der Waals surface area contributed by atoms with Gasteiger partial charge in [-0.15, -0.1) is 0 Å². The Balaban J connectivity index is 1.60. The van der Waals surface area contributed by atoms with E-state index in [-0.39, 0.29) is 11.7 Å². The molecule has 1 N–H and O–H groups in total. The summed E-state index contributed by atoms with van der Waals surface area (Å²) in [6.45, 7) is 1.67. The number of carbonyl (C=O) groups is 1. The third kappa shape index (κ3) is 4.64. The highest BCUT2D eigenvalue weighted by Gasteiger charge is 2.06. The molecule has 126 valence electrons. The first-order valence-electron chi connectivity index (χ1n) is 7.84. The van der Waals surface area contributed by atoms with Crippen LogP contribution in [0.15, 0.2) is 66.9 Å². The second kappa shape index (κ2) is 7.57. The molecule has 2 aromatic carbocycles. The minimum atomic E-state index is -0.281. The van der Waals surface area contributed by atoms with Gasteiger partial charge in [0.15, 0.2) is 0 Å². The highest BCUT2D eigenvalue weighted by molar-refractivity contribution is 5.92. The van der Waals surface area contributed by atoms with E-state index in [9.17, 15) is 9.18 Å². The van der Waals surface area contributed by atoms with Crippen LogP contribution < -0.4 is 10.1 Å². The number of aromatic nitrogens is 1. The third-order valence-corrected chi connectivity index (χ3v) is 3.58. The summed E-state index contributed by atoms with van der Waals surface area (Å²) in [5, 5.41) is 2.79. The van der Waals surface area contributed by atoms with Gasteiger partial charge in [0.1, 0.15) is 11.6 Å². The fraction of sp³-hybridized carbons (Fsp3) is 0.100. The van der Waals surface area contributed by atoms with Gasteiger partial charge < -0.3 is 10.1 Å². The maximum absolute atomic E-state index is 13.3. The van der Waals surface area contributed by atoms with Crippen molar-refractivity contribution in [3.8, 4) is 11.6 Å². The van der Waals surface area contributed by atoms with Crippen molar-refractivity contribution >= 4 is 11.6 Å². The van der Waals surface area contributed by atoms with Crippen molar-refractivity contribution in [1.82, 2.24) is 4.98 Å². The summed E-state index contributed by atoms with van der Waals surface area (Å²) < 4.78 is 18.8. The monoisotopic (exact) mass is 336 g/mol. The average molecular weight is 336 g/mol. The van der Waals surface area contributed by atoms with Crippen molar-refractivity contribution < 1.29 is 13.9 Å². The summed E-state index contributed by atoms with van der Waals surface area (Å²) in [4.78, 5) is 16.2. The molecule has 0 fully saturated rings. The molecule has 0 saturated carbocycles. The smallest absolute Gasteiger partial charge is 0.228 e. The van der Waals surface area contributed by atoms with Crippen LogP contribution in [0.25, 0.3) is 0 Å². The number of benzene rings is 2. The lowest BCUT2D eigenvalue weighted by atomic mass is 10.1. The van der Waals surface area contributed by atoms with Gasteiger partial charge in [-0.3, -0.25) is 4.79 Å². The molecule has 0 aliphatic carbocycles. The quantitative estimate of drug-likeness (QED) is 0.746. The number of carbonyl (C=O) groups excluding carboxylic acids is 1. The van der Waals surface area contributed by atoms with Crippen LogP contribution in [-0.4, -0.2) is 10.9 Å². The van der Waals surface area contributed by atoms with Gasteiger partial charge in [-0.1, -0.05) is 30.3 Å². The Morgan fingerprint density at radius 2 is 1.92 bits per heavy atom. The maximum atomic E-state index is 13.3. The zero-order chi connectivity index (χ0) is 17.6. The molecule has 0 radical (unpaired) electrons. The van der Waals surface area contributed by atoms with Crippen molar-refractivity contribution in [3.63, 3.8) is 0 Å². The fourth-order valence-electron chi connectivity index (χ4n) is 2.30. The molecular formula is C20H17FN2O2. The molecule has 0 unspecified atom stereocenters. The van der Waals surface area contributed by atoms with Gasteiger partial charge in [-0.25, -0.2) is 9.37 Å². The van der Waals surface area contributed by atoms with E-state index in [2.05, 4.69) is 10.3 Å². The lowest BCUT2D eigenvalue weighted by molar-refractivity contribution is -0.115. The summed E-state index contributed by atoms with van der Waals surface area (Å²) in [7, 11) is 0. The van der Waals surface area contributed by atoms with Crippen LogP contribution in [-0.2, 0) is 11.2 Å². The van der Waals surface area contributed by atoms with Crippen LogP contribution in [0.4, 0.5) is 10.1 Å². The molecule has 25 heavy (non-hydrogen) atoms. The van der Waals surface area contributed by atoms with Crippen molar-refractivity contribution in [3.05, 3.63) is 83.8 Å². The topological polar surface area (TPSA) is 51.2 Å². The van der Waals surface area contributed by atoms with Gasteiger partial charge in [-0.2, -0.15) is 0 Å². The molecule has 0 saturated heterocycles. The molecule has 3 rings (SSSR count). The van der Waals surface area contributed by atoms with Gasteiger partial charge in [0.25, 0.3) is 0 Å². The predicted octanol–water partition coefficient (Wildman–Crippen LogP) is 4.50. The maximum Gasteiger partial charge on any atom is 0.228 e. The number of nitrogens with zero attached hydrogens (tertiary/aromatic N) is 1. The Bertz CT molecular complexity index is 865.